The highest BCUT2D eigenvalue weighted by Crippen LogP contribution is 2.24. The molecular formula is C19H31NO. The normalized spacial score (nSPS) is 14.7. The molecule has 0 unspecified atom stereocenters. The van der Waals surface area contributed by atoms with Gasteiger partial charge in [-0.2, -0.15) is 0 Å². The lowest BCUT2D eigenvalue weighted by molar-refractivity contribution is 0.302. The average Bonchev–Trinajstić information content (AvgIpc) is 3.27. The molecule has 1 aromatic rings. The first-order valence-corrected chi connectivity index (χ1v) is 8.63. The standard InChI is InChI=1S/C19H31NO/c1-15(2)17-9-8-16(3)19(14-17)21-13-7-5-4-6-12-20-18-10-11-18/h8-9,14-15,18,20H,4-7,10-13H2,1-3H3. The van der Waals surface area contributed by atoms with Gasteiger partial charge in [0.25, 0.3) is 0 Å². The van der Waals surface area contributed by atoms with Crippen molar-refractivity contribution in [3.05, 3.63) is 29.3 Å². The maximum absolute atomic E-state index is 5.97. The third-order valence-corrected chi connectivity index (χ3v) is 4.22. The van der Waals surface area contributed by atoms with Gasteiger partial charge in [-0.1, -0.05) is 38.8 Å². The molecule has 1 aliphatic rings. The Morgan fingerprint density at radius 3 is 2.62 bits per heavy atom. The Morgan fingerprint density at radius 2 is 1.90 bits per heavy atom. The van der Waals surface area contributed by atoms with E-state index in [1.54, 1.807) is 0 Å². The smallest absolute Gasteiger partial charge is 0.122 e. The lowest BCUT2D eigenvalue weighted by atomic mass is 10.0. The Labute approximate surface area is 130 Å². The molecule has 2 heteroatoms. The van der Waals surface area contributed by atoms with Gasteiger partial charge in [0.05, 0.1) is 6.61 Å². The van der Waals surface area contributed by atoms with Crippen LogP contribution in [0.15, 0.2) is 18.2 Å². The van der Waals surface area contributed by atoms with Gasteiger partial charge >= 0.3 is 0 Å². The van der Waals surface area contributed by atoms with Crippen molar-refractivity contribution in [1.82, 2.24) is 5.32 Å². The van der Waals surface area contributed by atoms with Crippen LogP contribution >= 0.6 is 0 Å². The Kier molecular flexibility index (Phi) is 6.56. The predicted molar refractivity (Wildman–Crippen MR) is 90.3 cm³/mol. The van der Waals surface area contributed by atoms with Gasteiger partial charge in [0.15, 0.2) is 0 Å². The molecule has 1 aromatic carbocycles. The van der Waals surface area contributed by atoms with Crippen LogP contribution in [0.1, 0.15) is 69.4 Å². The molecule has 1 saturated carbocycles. The highest BCUT2D eigenvalue weighted by molar-refractivity contribution is 5.37. The fourth-order valence-electron chi connectivity index (χ4n) is 2.49. The molecule has 0 aromatic heterocycles. The maximum Gasteiger partial charge on any atom is 0.122 e. The summed E-state index contributed by atoms with van der Waals surface area (Å²) in [6.07, 6.45) is 7.84. The first-order valence-electron chi connectivity index (χ1n) is 8.63. The zero-order valence-corrected chi connectivity index (χ0v) is 14.0. The molecule has 0 heterocycles. The van der Waals surface area contributed by atoms with Gasteiger partial charge in [-0.3, -0.25) is 0 Å². The molecule has 0 saturated heterocycles. The van der Waals surface area contributed by atoms with E-state index in [1.807, 2.05) is 0 Å². The van der Waals surface area contributed by atoms with E-state index >= 15 is 0 Å². The Hall–Kier alpha value is -1.02. The van der Waals surface area contributed by atoms with Crippen molar-refractivity contribution in [2.45, 2.75) is 71.3 Å². The number of hydrogen-bond acceptors (Lipinski definition) is 2. The zero-order chi connectivity index (χ0) is 15.1. The average molecular weight is 289 g/mol. The summed E-state index contributed by atoms with van der Waals surface area (Å²) in [6.45, 7) is 8.62. The summed E-state index contributed by atoms with van der Waals surface area (Å²) >= 11 is 0. The summed E-state index contributed by atoms with van der Waals surface area (Å²) in [7, 11) is 0. The van der Waals surface area contributed by atoms with E-state index in [9.17, 15) is 0 Å². The molecule has 0 amide bonds. The predicted octanol–water partition coefficient (Wildman–Crippen LogP) is 4.81. The molecule has 2 rings (SSSR count). The molecule has 2 nitrogen and oxygen atoms in total. The number of rotatable bonds is 10. The highest BCUT2D eigenvalue weighted by Gasteiger charge is 2.19. The van der Waals surface area contributed by atoms with E-state index in [4.69, 9.17) is 4.74 Å². The molecule has 0 bridgehead atoms. The van der Waals surface area contributed by atoms with Gasteiger partial charge in [0.1, 0.15) is 5.75 Å². The van der Waals surface area contributed by atoms with E-state index in [0.29, 0.717) is 5.92 Å². The minimum Gasteiger partial charge on any atom is -0.493 e. The second-order valence-electron chi connectivity index (χ2n) is 6.67. The fraction of sp³-hybridized carbons (Fsp3) is 0.684. The van der Waals surface area contributed by atoms with Gasteiger partial charge in [-0.15, -0.1) is 0 Å². The van der Waals surface area contributed by atoms with Gasteiger partial charge < -0.3 is 10.1 Å². The molecular weight excluding hydrogens is 258 g/mol. The minimum absolute atomic E-state index is 0.562. The highest BCUT2D eigenvalue weighted by atomic mass is 16.5. The molecule has 1 N–H and O–H groups in total. The van der Waals surface area contributed by atoms with Crippen molar-refractivity contribution >= 4 is 0 Å². The van der Waals surface area contributed by atoms with Gasteiger partial charge in [0.2, 0.25) is 0 Å². The molecule has 0 aliphatic heterocycles. The summed E-state index contributed by atoms with van der Waals surface area (Å²) in [5.41, 5.74) is 2.61. The number of ether oxygens (including phenoxy) is 1. The lowest BCUT2D eigenvalue weighted by Crippen LogP contribution is -2.17. The molecule has 0 atom stereocenters. The number of nitrogens with one attached hydrogen (secondary N) is 1. The number of aryl methyl sites for hydroxylation is 1. The van der Waals surface area contributed by atoms with Crippen molar-refractivity contribution in [2.75, 3.05) is 13.2 Å². The van der Waals surface area contributed by atoms with E-state index < -0.39 is 0 Å². The molecule has 1 fully saturated rings. The van der Waals surface area contributed by atoms with Gasteiger partial charge in [-0.05, 0) is 62.3 Å². The fourth-order valence-corrected chi connectivity index (χ4v) is 2.49. The summed E-state index contributed by atoms with van der Waals surface area (Å²) in [5, 5.41) is 3.57. The van der Waals surface area contributed by atoms with E-state index in [-0.39, 0.29) is 0 Å². The summed E-state index contributed by atoms with van der Waals surface area (Å²) < 4.78 is 5.97. The van der Waals surface area contributed by atoms with Crippen LogP contribution in [0.5, 0.6) is 5.75 Å². The first-order chi connectivity index (χ1) is 10.2. The van der Waals surface area contributed by atoms with Crippen LogP contribution in [0.2, 0.25) is 0 Å². The van der Waals surface area contributed by atoms with Crippen LogP contribution in [-0.4, -0.2) is 19.2 Å². The van der Waals surface area contributed by atoms with E-state index in [1.165, 1.54) is 49.8 Å². The molecule has 1 aliphatic carbocycles. The Morgan fingerprint density at radius 1 is 1.14 bits per heavy atom. The van der Waals surface area contributed by atoms with Crippen molar-refractivity contribution < 1.29 is 4.74 Å². The summed E-state index contributed by atoms with van der Waals surface area (Å²) in [4.78, 5) is 0. The van der Waals surface area contributed by atoms with Crippen molar-refractivity contribution in [3.8, 4) is 5.75 Å². The summed E-state index contributed by atoms with van der Waals surface area (Å²) in [5.74, 6) is 1.63. The van der Waals surface area contributed by atoms with Crippen molar-refractivity contribution in [3.63, 3.8) is 0 Å². The lowest BCUT2D eigenvalue weighted by Gasteiger charge is -2.12. The Balaban J connectivity index is 1.58. The van der Waals surface area contributed by atoms with Gasteiger partial charge in [0, 0.05) is 6.04 Å². The van der Waals surface area contributed by atoms with Crippen LogP contribution in [0.4, 0.5) is 0 Å². The third kappa shape index (κ3) is 6.09. The molecule has 118 valence electrons. The quantitative estimate of drug-likeness (QED) is 0.624. The molecule has 21 heavy (non-hydrogen) atoms. The topological polar surface area (TPSA) is 21.3 Å². The summed E-state index contributed by atoms with van der Waals surface area (Å²) in [6, 6.07) is 7.44. The van der Waals surface area contributed by atoms with Crippen LogP contribution in [0.25, 0.3) is 0 Å². The monoisotopic (exact) mass is 289 g/mol. The van der Waals surface area contributed by atoms with E-state index in [0.717, 1.165) is 24.8 Å². The maximum atomic E-state index is 5.97. The minimum atomic E-state index is 0.562. The van der Waals surface area contributed by atoms with Crippen molar-refractivity contribution in [1.29, 1.82) is 0 Å². The SMILES string of the molecule is Cc1ccc(C(C)C)cc1OCCCCCCNC1CC1. The van der Waals surface area contributed by atoms with Crippen LogP contribution in [0, 0.1) is 6.92 Å². The Bertz CT molecular complexity index is 424. The molecule has 0 radical (unpaired) electrons. The van der Waals surface area contributed by atoms with Gasteiger partial charge in [-0.25, -0.2) is 0 Å². The second-order valence-corrected chi connectivity index (χ2v) is 6.67. The number of unbranched alkanes of at least 4 members (excludes halogenated alkanes) is 3. The first kappa shape index (κ1) is 16.4. The zero-order valence-electron chi connectivity index (χ0n) is 14.0. The van der Waals surface area contributed by atoms with Crippen LogP contribution in [-0.2, 0) is 0 Å². The largest absolute Gasteiger partial charge is 0.493 e. The van der Waals surface area contributed by atoms with Crippen LogP contribution < -0.4 is 10.1 Å². The molecule has 0 spiro atoms. The van der Waals surface area contributed by atoms with Crippen LogP contribution in [0.3, 0.4) is 0 Å². The second kappa shape index (κ2) is 8.43. The number of hydrogen-bond donors (Lipinski definition) is 1. The van der Waals surface area contributed by atoms with E-state index in [2.05, 4.69) is 44.3 Å². The third-order valence-electron chi connectivity index (χ3n) is 4.22. The number of benzene rings is 1. The van der Waals surface area contributed by atoms with Crippen molar-refractivity contribution in [2.24, 2.45) is 0 Å².